The monoisotopic (exact) mass is 458 g/mol. The molecule has 0 saturated heterocycles. The van der Waals surface area contributed by atoms with Crippen molar-refractivity contribution >= 4 is 28.7 Å². The number of thiazole rings is 1. The molecular formula is C22H26N4O5S. The zero-order valence-corrected chi connectivity index (χ0v) is 19.3. The Balaban J connectivity index is 2.13. The van der Waals surface area contributed by atoms with Crippen LogP contribution < -0.4 is 0 Å². The van der Waals surface area contributed by atoms with Crippen LogP contribution in [0, 0.1) is 24.0 Å². The molecule has 1 amide bonds. The van der Waals surface area contributed by atoms with Crippen LogP contribution in [0.15, 0.2) is 35.6 Å². The summed E-state index contributed by atoms with van der Waals surface area (Å²) in [5, 5.41) is 23.2. The number of nitrogens with zero attached hydrogens (tertiary/aromatic N) is 4. The highest BCUT2D eigenvalue weighted by Crippen LogP contribution is 2.42. The quantitative estimate of drug-likeness (QED) is 0.347. The maximum absolute atomic E-state index is 13.5. The molecule has 1 aromatic heterocycles. The summed E-state index contributed by atoms with van der Waals surface area (Å²) in [5.74, 6) is -1.90. The van der Waals surface area contributed by atoms with Crippen molar-refractivity contribution in [2.75, 3.05) is 26.2 Å². The Morgan fingerprint density at radius 2 is 1.94 bits per heavy atom. The number of hydrogen-bond donors (Lipinski definition) is 1. The SMILES string of the molecule is CCN(CC)CCN1C(=O)C(O)=C(C(=O)c2sc(C)nc2C)C1c1ccccc1[N+](=O)[O-]. The number of hydrogen-bond acceptors (Lipinski definition) is 8. The normalized spacial score (nSPS) is 16.3. The Morgan fingerprint density at radius 3 is 2.50 bits per heavy atom. The summed E-state index contributed by atoms with van der Waals surface area (Å²) in [6.07, 6.45) is 0. The van der Waals surface area contributed by atoms with Gasteiger partial charge in [0.15, 0.2) is 5.76 Å². The zero-order valence-electron chi connectivity index (χ0n) is 18.5. The van der Waals surface area contributed by atoms with Gasteiger partial charge in [0.2, 0.25) is 5.78 Å². The van der Waals surface area contributed by atoms with E-state index in [-0.39, 0.29) is 23.4 Å². The van der Waals surface area contributed by atoms with Crippen LogP contribution in [0.2, 0.25) is 0 Å². The molecule has 1 atom stereocenters. The van der Waals surface area contributed by atoms with Gasteiger partial charge in [-0.15, -0.1) is 11.3 Å². The summed E-state index contributed by atoms with van der Waals surface area (Å²) >= 11 is 1.17. The molecule has 0 radical (unpaired) electrons. The maximum Gasteiger partial charge on any atom is 0.290 e. The van der Waals surface area contributed by atoms with Gasteiger partial charge in [-0.25, -0.2) is 4.98 Å². The predicted octanol–water partition coefficient (Wildman–Crippen LogP) is 3.59. The van der Waals surface area contributed by atoms with Crippen molar-refractivity contribution in [3.63, 3.8) is 0 Å². The number of Topliss-reactive ketones (excluding diaryl/α,β-unsaturated/α-hetero) is 1. The lowest BCUT2D eigenvalue weighted by atomic mass is 9.94. The number of aromatic nitrogens is 1. The summed E-state index contributed by atoms with van der Waals surface area (Å²) in [5.41, 5.74) is 0.329. The summed E-state index contributed by atoms with van der Waals surface area (Å²) in [7, 11) is 0. The molecule has 10 heteroatoms. The fourth-order valence-electron chi connectivity index (χ4n) is 3.98. The van der Waals surface area contributed by atoms with Gasteiger partial charge >= 0.3 is 0 Å². The van der Waals surface area contributed by atoms with Gasteiger partial charge in [-0.3, -0.25) is 19.7 Å². The molecule has 32 heavy (non-hydrogen) atoms. The minimum absolute atomic E-state index is 0.143. The van der Waals surface area contributed by atoms with Gasteiger partial charge in [0.25, 0.3) is 11.6 Å². The van der Waals surface area contributed by atoms with E-state index in [1.165, 1.54) is 34.4 Å². The summed E-state index contributed by atoms with van der Waals surface area (Å²) in [4.78, 5) is 45.8. The maximum atomic E-state index is 13.5. The van der Waals surface area contributed by atoms with Crippen molar-refractivity contribution in [1.29, 1.82) is 0 Å². The standard InChI is InChI=1S/C22H26N4O5S/c1-5-24(6-2)11-12-25-18(15-9-7-8-10-16(15)26(30)31)17(20(28)22(25)29)19(27)21-13(3)23-14(4)32-21/h7-10,18,28H,5-6,11-12H2,1-4H3. The average molecular weight is 459 g/mol. The van der Waals surface area contributed by atoms with E-state index < -0.39 is 28.4 Å². The first-order chi connectivity index (χ1) is 15.2. The highest BCUT2D eigenvalue weighted by Gasteiger charge is 2.46. The Bertz CT molecular complexity index is 1090. The fraction of sp³-hybridized carbons (Fsp3) is 0.409. The van der Waals surface area contributed by atoms with Gasteiger partial charge in [0, 0.05) is 19.2 Å². The number of nitro benzene ring substituents is 1. The van der Waals surface area contributed by atoms with Crippen LogP contribution in [-0.4, -0.2) is 62.7 Å². The minimum atomic E-state index is -1.06. The Hall–Kier alpha value is -3.11. The van der Waals surface area contributed by atoms with E-state index in [2.05, 4.69) is 9.88 Å². The van der Waals surface area contributed by atoms with Crippen LogP contribution in [0.1, 0.15) is 45.8 Å². The van der Waals surface area contributed by atoms with Gasteiger partial charge in [0.05, 0.1) is 37.7 Å². The molecule has 1 aliphatic rings. The number of amides is 1. The van der Waals surface area contributed by atoms with Gasteiger partial charge in [-0.2, -0.15) is 0 Å². The lowest BCUT2D eigenvalue weighted by Gasteiger charge is -2.29. The fourth-order valence-corrected chi connectivity index (χ4v) is 4.85. The molecule has 170 valence electrons. The second-order valence-corrected chi connectivity index (χ2v) is 8.69. The third kappa shape index (κ3) is 4.28. The number of aliphatic hydroxyl groups excluding tert-OH is 1. The first-order valence-electron chi connectivity index (χ1n) is 10.4. The molecular weight excluding hydrogens is 432 g/mol. The number of benzene rings is 1. The number of nitro groups is 1. The number of carbonyl (C=O) groups is 2. The molecule has 0 aliphatic carbocycles. The van der Waals surface area contributed by atoms with Crippen LogP contribution >= 0.6 is 11.3 Å². The number of likely N-dealkylation sites (N-methyl/N-ethyl adjacent to an activating group) is 1. The second-order valence-electron chi connectivity index (χ2n) is 7.48. The number of carbonyl (C=O) groups excluding carboxylic acids is 2. The third-order valence-corrected chi connectivity index (χ3v) is 6.71. The first-order valence-corrected chi connectivity index (χ1v) is 11.2. The molecule has 0 spiro atoms. The molecule has 0 bridgehead atoms. The molecule has 0 fully saturated rings. The minimum Gasteiger partial charge on any atom is -0.503 e. The second kappa shape index (κ2) is 9.58. The van der Waals surface area contributed by atoms with Crippen LogP contribution in [0.3, 0.4) is 0 Å². The highest BCUT2D eigenvalue weighted by molar-refractivity contribution is 7.14. The molecule has 1 aromatic carbocycles. The molecule has 1 N–H and O–H groups in total. The van der Waals surface area contributed by atoms with E-state index in [4.69, 9.17) is 0 Å². The smallest absolute Gasteiger partial charge is 0.290 e. The Kier molecular flexibility index (Phi) is 7.05. The largest absolute Gasteiger partial charge is 0.503 e. The topological polar surface area (TPSA) is 117 Å². The average Bonchev–Trinajstić information content (AvgIpc) is 3.24. The molecule has 2 heterocycles. The summed E-state index contributed by atoms with van der Waals surface area (Å²) < 4.78 is 0. The van der Waals surface area contributed by atoms with E-state index in [0.29, 0.717) is 22.1 Å². The van der Waals surface area contributed by atoms with Crippen molar-refractivity contribution in [3.8, 4) is 0 Å². The summed E-state index contributed by atoms with van der Waals surface area (Å²) in [6, 6.07) is 4.95. The molecule has 1 aliphatic heterocycles. The Morgan fingerprint density at radius 1 is 1.28 bits per heavy atom. The van der Waals surface area contributed by atoms with E-state index in [9.17, 15) is 24.8 Å². The Labute approximate surface area is 190 Å². The van der Waals surface area contributed by atoms with Crippen molar-refractivity contribution < 1.29 is 19.6 Å². The summed E-state index contributed by atoms with van der Waals surface area (Å²) in [6.45, 7) is 9.67. The molecule has 0 saturated carbocycles. The number of para-hydroxylation sites is 1. The number of aryl methyl sites for hydroxylation is 2. The van der Waals surface area contributed by atoms with Crippen LogP contribution in [0.4, 0.5) is 5.69 Å². The highest BCUT2D eigenvalue weighted by atomic mass is 32.1. The predicted molar refractivity (Wildman–Crippen MR) is 121 cm³/mol. The van der Waals surface area contributed by atoms with Crippen molar-refractivity contribution in [3.05, 3.63) is 66.9 Å². The van der Waals surface area contributed by atoms with E-state index in [1.807, 2.05) is 13.8 Å². The lowest BCUT2D eigenvalue weighted by Crippen LogP contribution is -2.38. The lowest BCUT2D eigenvalue weighted by molar-refractivity contribution is -0.385. The van der Waals surface area contributed by atoms with E-state index in [0.717, 1.165) is 13.1 Å². The van der Waals surface area contributed by atoms with Crippen molar-refractivity contribution in [2.24, 2.45) is 0 Å². The molecule has 1 unspecified atom stereocenters. The zero-order chi connectivity index (χ0) is 23.6. The number of rotatable bonds is 9. The molecule has 9 nitrogen and oxygen atoms in total. The number of ketones is 1. The van der Waals surface area contributed by atoms with Crippen molar-refractivity contribution in [2.45, 2.75) is 33.7 Å². The van der Waals surface area contributed by atoms with Gasteiger partial charge in [-0.05, 0) is 33.0 Å². The van der Waals surface area contributed by atoms with Crippen molar-refractivity contribution in [1.82, 2.24) is 14.8 Å². The molecule has 2 aromatic rings. The van der Waals surface area contributed by atoms with Crippen LogP contribution in [-0.2, 0) is 4.79 Å². The first kappa shape index (κ1) is 23.6. The van der Waals surface area contributed by atoms with Gasteiger partial charge in [-0.1, -0.05) is 26.0 Å². The van der Waals surface area contributed by atoms with Gasteiger partial charge < -0.3 is 14.9 Å². The van der Waals surface area contributed by atoms with E-state index >= 15 is 0 Å². The van der Waals surface area contributed by atoms with Gasteiger partial charge in [0.1, 0.15) is 0 Å². The van der Waals surface area contributed by atoms with Crippen LogP contribution in [0.5, 0.6) is 0 Å². The van der Waals surface area contributed by atoms with Crippen LogP contribution in [0.25, 0.3) is 0 Å². The number of aliphatic hydroxyl groups is 1. The third-order valence-electron chi connectivity index (χ3n) is 5.64. The molecule has 3 rings (SSSR count). The van der Waals surface area contributed by atoms with E-state index in [1.54, 1.807) is 19.9 Å².